The lowest BCUT2D eigenvalue weighted by Crippen LogP contribution is -2.41. The molecule has 0 bridgehead atoms. The maximum Gasteiger partial charge on any atom is 0.251 e. The number of hydrogen-bond acceptors (Lipinski definition) is 4. The van der Waals surface area contributed by atoms with Crippen molar-refractivity contribution in [1.29, 1.82) is 0 Å². The topological polar surface area (TPSA) is 67.8 Å². The summed E-state index contributed by atoms with van der Waals surface area (Å²) in [4.78, 5) is 12.2. The number of aliphatic hydroxyl groups is 1. The van der Waals surface area contributed by atoms with Crippen LogP contribution in [0.3, 0.4) is 0 Å². The lowest BCUT2D eigenvalue weighted by molar-refractivity contribution is 0.0896. The molecular formula is C15H23NO4. The van der Waals surface area contributed by atoms with E-state index in [2.05, 4.69) is 5.32 Å². The first kappa shape index (κ1) is 16.3. The standard InChI is InChI=1S/C15H23NO4/c1-5-20-14-8-11(6-7-13(14)19-4)15(18)16-12(9-17)10(2)3/h6-8,10,12,17H,5,9H2,1-4H3,(H,16,18)/t12-/m1/s1. The smallest absolute Gasteiger partial charge is 0.251 e. The van der Waals surface area contributed by atoms with Crippen LogP contribution in [0.1, 0.15) is 31.1 Å². The molecule has 0 saturated carbocycles. The van der Waals surface area contributed by atoms with Gasteiger partial charge in [0.2, 0.25) is 0 Å². The zero-order valence-electron chi connectivity index (χ0n) is 12.5. The summed E-state index contributed by atoms with van der Waals surface area (Å²) in [6, 6.07) is 4.75. The van der Waals surface area contributed by atoms with Gasteiger partial charge in [0.05, 0.1) is 26.4 Å². The van der Waals surface area contributed by atoms with E-state index < -0.39 is 0 Å². The van der Waals surface area contributed by atoms with Crippen LogP contribution < -0.4 is 14.8 Å². The molecule has 0 unspecified atom stereocenters. The Morgan fingerprint density at radius 3 is 2.55 bits per heavy atom. The highest BCUT2D eigenvalue weighted by Gasteiger charge is 2.17. The van der Waals surface area contributed by atoms with Gasteiger partial charge in [-0.2, -0.15) is 0 Å². The van der Waals surface area contributed by atoms with Crippen molar-refractivity contribution in [2.45, 2.75) is 26.8 Å². The predicted octanol–water partition coefficient (Wildman–Crippen LogP) is 1.84. The van der Waals surface area contributed by atoms with Crippen molar-refractivity contribution >= 4 is 5.91 Å². The minimum absolute atomic E-state index is 0.0854. The van der Waals surface area contributed by atoms with Crippen LogP contribution in [-0.4, -0.2) is 37.4 Å². The van der Waals surface area contributed by atoms with Crippen LogP contribution in [0.25, 0.3) is 0 Å². The molecule has 5 nitrogen and oxygen atoms in total. The molecular weight excluding hydrogens is 258 g/mol. The van der Waals surface area contributed by atoms with E-state index in [0.717, 1.165) is 0 Å². The number of carbonyl (C=O) groups excluding carboxylic acids is 1. The molecule has 2 N–H and O–H groups in total. The van der Waals surface area contributed by atoms with Gasteiger partial charge in [0, 0.05) is 5.56 Å². The largest absolute Gasteiger partial charge is 0.493 e. The van der Waals surface area contributed by atoms with E-state index in [0.29, 0.717) is 23.7 Å². The van der Waals surface area contributed by atoms with Gasteiger partial charge in [-0.05, 0) is 31.0 Å². The third kappa shape index (κ3) is 4.13. The number of methoxy groups -OCH3 is 1. The number of aliphatic hydroxyl groups excluding tert-OH is 1. The number of rotatable bonds is 7. The first-order valence-corrected chi connectivity index (χ1v) is 6.76. The van der Waals surface area contributed by atoms with Crippen molar-refractivity contribution in [2.75, 3.05) is 20.3 Å². The first-order valence-electron chi connectivity index (χ1n) is 6.76. The molecule has 1 atom stereocenters. The summed E-state index contributed by atoms with van der Waals surface area (Å²) in [6.07, 6.45) is 0. The Balaban J connectivity index is 2.90. The van der Waals surface area contributed by atoms with Crippen LogP contribution in [0.4, 0.5) is 0 Å². The van der Waals surface area contributed by atoms with E-state index in [9.17, 15) is 9.90 Å². The Morgan fingerprint density at radius 2 is 2.05 bits per heavy atom. The molecule has 0 aliphatic carbocycles. The van der Waals surface area contributed by atoms with E-state index in [1.54, 1.807) is 25.3 Å². The Labute approximate surface area is 119 Å². The number of benzene rings is 1. The highest BCUT2D eigenvalue weighted by Crippen LogP contribution is 2.28. The minimum atomic E-state index is -0.264. The van der Waals surface area contributed by atoms with Crippen LogP contribution in [0, 0.1) is 5.92 Å². The molecule has 0 aliphatic rings. The molecule has 5 heteroatoms. The number of hydrogen-bond donors (Lipinski definition) is 2. The van der Waals surface area contributed by atoms with E-state index in [1.807, 2.05) is 20.8 Å². The molecule has 112 valence electrons. The van der Waals surface area contributed by atoms with E-state index in [1.165, 1.54) is 0 Å². The zero-order chi connectivity index (χ0) is 15.1. The summed E-state index contributed by atoms with van der Waals surface area (Å²) in [5.74, 6) is 1.05. The fourth-order valence-corrected chi connectivity index (χ4v) is 1.76. The van der Waals surface area contributed by atoms with Crippen molar-refractivity contribution < 1.29 is 19.4 Å². The molecule has 20 heavy (non-hydrogen) atoms. The van der Waals surface area contributed by atoms with Crippen molar-refractivity contribution in [3.8, 4) is 11.5 Å². The first-order chi connectivity index (χ1) is 9.53. The molecule has 0 aromatic heterocycles. The van der Waals surface area contributed by atoms with E-state index >= 15 is 0 Å². The molecule has 0 spiro atoms. The van der Waals surface area contributed by atoms with E-state index in [-0.39, 0.29) is 24.5 Å². The quantitative estimate of drug-likeness (QED) is 0.800. The second kappa shape index (κ2) is 7.75. The van der Waals surface area contributed by atoms with Gasteiger partial charge >= 0.3 is 0 Å². The van der Waals surface area contributed by atoms with Crippen LogP contribution >= 0.6 is 0 Å². The molecule has 0 saturated heterocycles. The number of carbonyl (C=O) groups is 1. The molecule has 1 aromatic carbocycles. The summed E-state index contributed by atoms with van der Waals surface area (Å²) in [5.41, 5.74) is 0.480. The van der Waals surface area contributed by atoms with Crippen LogP contribution in [0.2, 0.25) is 0 Å². The molecule has 1 amide bonds. The van der Waals surface area contributed by atoms with Gasteiger partial charge in [-0.15, -0.1) is 0 Å². The van der Waals surface area contributed by atoms with Crippen molar-refractivity contribution in [3.05, 3.63) is 23.8 Å². The number of ether oxygens (including phenoxy) is 2. The van der Waals surface area contributed by atoms with Crippen LogP contribution in [0.15, 0.2) is 18.2 Å². The summed E-state index contributed by atoms with van der Waals surface area (Å²) < 4.78 is 10.6. The molecule has 1 rings (SSSR count). The molecule has 0 aliphatic heterocycles. The zero-order valence-corrected chi connectivity index (χ0v) is 12.5. The third-order valence-corrected chi connectivity index (χ3v) is 3.04. The van der Waals surface area contributed by atoms with Gasteiger partial charge in [-0.25, -0.2) is 0 Å². The van der Waals surface area contributed by atoms with E-state index in [4.69, 9.17) is 9.47 Å². The third-order valence-electron chi connectivity index (χ3n) is 3.04. The Bertz CT molecular complexity index is 445. The summed E-state index contributed by atoms with van der Waals surface area (Å²) >= 11 is 0. The molecule has 1 aromatic rings. The SMILES string of the molecule is CCOc1cc(C(=O)N[C@H](CO)C(C)C)ccc1OC. The fraction of sp³-hybridized carbons (Fsp3) is 0.533. The van der Waals surface area contributed by atoms with Crippen LogP contribution in [-0.2, 0) is 0 Å². The van der Waals surface area contributed by atoms with Crippen molar-refractivity contribution in [1.82, 2.24) is 5.32 Å². The maximum absolute atomic E-state index is 12.2. The maximum atomic E-state index is 12.2. The van der Waals surface area contributed by atoms with Gasteiger partial charge < -0.3 is 19.9 Å². The highest BCUT2D eigenvalue weighted by molar-refractivity contribution is 5.95. The normalized spacial score (nSPS) is 12.1. The summed E-state index contributed by atoms with van der Waals surface area (Å²) in [5, 5.41) is 12.1. The minimum Gasteiger partial charge on any atom is -0.493 e. The molecule has 0 fully saturated rings. The second-order valence-electron chi connectivity index (χ2n) is 4.81. The average Bonchev–Trinajstić information content (AvgIpc) is 2.44. The number of amides is 1. The second-order valence-corrected chi connectivity index (χ2v) is 4.81. The Morgan fingerprint density at radius 1 is 1.35 bits per heavy atom. The predicted molar refractivity (Wildman–Crippen MR) is 77.3 cm³/mol. The van der Waals surface area contributed by atoms with Crippen molar-refractivity contribution in [2.24, 2.45) is 5.92 Å². The fourth-order valence-electron chi connectivity index (χ4n) is 1.76. The lowest BCUT2D eigenvalue weighted by Gasteiger charge is -2.20. The Kier molecular flexibility index (Phi) is 6.31. The van der Waals surface area contributed by atoms with Gasteiger partial charge in [0.1, 0.15) is 0 Å². The monoisotopic (exact) mass is 281 g/mol. The molecule has 0 radical (unpaired) electrons. The van der Waals surface area contributed by atoms with Gasteiger partial charge in [0.25, 0.3) is 5.91 Å². The Hall–Kier alpha value is -1.75. The van der Waals surface area contributed by atoms with Gasteiger partial charge in [0.15, 0.2) is 11.5 Å². The lowest BCUT2D eigenvalue weighted by atomic mass is 10.0. The van der Waals surface area contributed by atoms with Gasteiger partial charge in [-0.1, -0.05) is 13.8 Å². The summed E-state index contributed by atoms with van der Waals surface area (Å²) in [6.45, 7) is 6.17. The highest BCUT2D eigenvalue weighted by atomic mass is 16.5. The molecule has 0 heterocycles. The number of nitrogens with one attached hydrogen (secondary N) is 1. The van der Waals surface area contributed by atoms with Gasteiger partial charge in [-0.3, -0.25) is 4.79 Å². The van der Waals surface area contributed by atoms with Crippen LogP contribution in [0.5, 0.6) is 11.5 Å². The average molecular weight is 281 g/mol. The van der Waals surface area contributed by atoms with Crippen molar-refractivity contribution in [3.63, 3.8) is 0 Å². The summed E-state index contributed by atoms with van der Waals surface area (Å²) in [7, 11) is 1.55.